The number of H-pyrrole nitrogens is 1. The first-order chi connectivity index (χ1) is 6.75. The molecule has 4 nitrogen and oxygen atoms in total. The maximum absolute atomic E-state index is 11.1. The van der Waals surface area contributed by atoms with Crippen molar-refractivity contribution < 1.29 is 5.11 Å². The number of aromatic amines is 1. The molecular weight excluding hydrogens is 180 g/mol. The van der Waals surface area contributed by atoms with Crippen molar-refractivity contribution in [1.82, 2.24) is 9.88 Å². The molecule has 1 aromatic heterocycles. The lowest BCUT2D eigenvalue weighted by Gasteiger charge is -2.13. The van der Waals surface area contributed by atoms with E-state index in [0.717, 1.165) is 25.3 Å². The van der Waals surface area contributed by atoms with Crippen molar-refractivity contribution in [3.63, 3.8) is 0 Å². The first-order valence-electron chi connectivity index (χ1n) is 4.88. The second-order valence-electron chi connectivity index (χ2n) is 3.69. The Labute approximate surface area is 82.2 Å². The molecule has 1 aliphatic heterocycles. The molecule has 0 unspecified atom stereocenters. The van der Waals surface area contributed by atoms with E-state index in [-0.39, 0.29) is 11.2 Å². The van der Waals surface area contributed by atoms with E-state index in [1.165, 1.54) is 25.1 Å². The van der Waals surface area contributed by atoms with Crippen LogP contribution < -0.4 is 5.43 Å². The molecule has 1 fully saturated rings. The molecule has 14 heavy (non-hydrogen) atoms. The zero-order chi connectivity index (χ0) is 9.97. The molecule has 76 valence electrons. The predicted molar refractivity (Wildman–Crippen MR) is 53.2 cm³/mol. The lowest BCUT2D eigenvalue weighted by molar-refractivity contribution is 0.326. The summed E-state index contributed by atoms with van der Waals surface area (Å²) in [7, 11) is 0. The Hall–Kier alpha value is -1.29. The number of rotatable bonds is 2. The molecular formula is C10H14N2O2. The molecule has 1 saturated heterocycles. The molecule has 4 heteroatoms. The Morgan fingerprint density at radius 2 is 2.14 bits per heavy atom. The average molecular weight is 194 g/mol. The summed E-state index contributed by atoms with van der Waals surface area (Å²) < 4.78 is 0. The Balaban J connectivity index is 2.09. The first kappa shape index (κ1) is 9.27. The predicted octanol–water partition coefficient (Wildman–Crippen LogP) is 0.676. The van der Waals surface area contributed by atoms with E-state index in [9.17, 15) is 4.79 Å². The number of hydrogen-bond donors (Lipinski definition) is 2. The third-order valence-corrected chi connectivity index (χ3v) is 2.54. The van der Waals surface area contributed by atoms with Gasteiger partial charge in [0, 0.05) is 24.5 Å². The van der Waals surface area contributed by atoms with Gasteiger partial charge in [-0.3, -0.25) is 9.69 Å². The van der Waals surface area contributed by atoms with E-state index >= 15 is 0 Å². The van der Waals surface area contributed by atoms with Crippen LogP contribution in [0.3, 0.4) is 0 Å². The summed E-state index contributed by atoms with van der Waals surface area (Å²) in [5.74, 6) is -0.213. The van der Waals surface area contributed by atoms with Gasteiger partial charge in [-0.25, -0.2) is 0 Å². The summed E-state index contributed by atoms with van der Waals surface area (Å²) in [6, 6.07) is 1.47. The van der Waals surface area contributed by atoms with Crippen LogP contribution in [0, 0.1) is 0 Å². The molecule has 0 bridgehead atoms. The quantitative estimate of drug-likeness (QED) is 0.727. The number of hydrogen-bond acceptors (Lipinski definition) is 3. The zero-order valence-electron chi connectivity index (χ0n) is 7.99. The van der Waals surface area contributed by atoms with Gasteiger partial charge in [0.15, 0.2) is 5.75 Å². The summed E-state index contributed by atoms with van der Waals surface area (Å²) in [4.78, 5) is 16.3. The molecule has 0 aromatic carbocycles. The van der Waals surface area contributed by atoms with Gasteiger partial charge in [0.2, 0.25) is 5.43 Å². The van der Waals surface area contributed by atoms with E-state index in [1.54, 1.807) is 0 Å². The number of likely N-dealkylation sites (tertiary alicyclic amines) is 1. The third-order valence-electron chi connectivity index (χ3n) is 2.54. The molecule has 2 rings (SSSR count). The van der Waals surface area contributed by atoms with Gasteiger partial charge in [-0.1, -0.05) is 0 Å². The Bertz CT molecular complexity index is 367. The molecule has 0 amide bonds. The van der Waals surface area contributed by atoms with Crippen LogP contribution in [0.1, 0.15) is 18.5 Å². The Kier molecular flexibility index (Phi) is 2.54. The van der Waals surface area contributed by atoms with Crippen LogP contribution >= 0.6 is 0 Å². The molecule has 0 saturated carbocycles. The Morgan fingerprint density at radius 3 is 2.79 bits per heavy atom. The zero-order valence-corrected chi connectivity index (χ0v) is 7.99. The maximum Gasteiger partial charge on any atom is 0.223 e. The highest BCUT2D eigenvalue weighted by Crippen LogP contribution is 2.10. The smallest absolute Gasteiger partial charge is 0.223 e. The van der Waals surface area contributed by atoms with Crippen LogP contribution in [0.2, 0.25) is 0 Å². The fourth-order valence-electron chi connectivity index (χ4n) is 1.78. The molecule has 0 atom stereocenters. The average Bonchev–Trinajstić information content (AvgIpc) is 2.64. The third kappa shape index (κ3) is 1.96. The number of aromatic nitrogens is 1. The molecule has 2 heterocycles. The molecule has 2 N–H and O–H groups in total. The summed E-state index contributed by atoms with van der Waals surface area (Å²) in [5, 5.41) is 9.05. The van der Waals surface area contributed by atoms with Gasteiger partial charge in [-0.15, -0.1) is 0 Å². The standard InChI is InChI=1S/C10H14N2O2/c13-9-5-8(11-6-10(9)14)7-12-3-1-2-4-12/h5-6,14H,1-4,7H2,(H,11,13). The highest BCUT2D eigenvalue weighted by atomic mass is 16.3. The first-order valence-corrected chi connectivity index (χ1v) is 4.88. The van der Waals surface area contributed by atoms with E-state index in [2.05, 4.69) is 9.88 Å². The van der Waals surface area contributed by atoms with Crippen LogP contribution in [0.25, 0.3) is 0 Å². The van der Waals surface area contributed by atoms with Crippen LogP contribution in [-0.4, -0.2) is 28.1 Å². The van der Waals surface area contributed by atoms with Crippen molar-refractivity contribution >= 4 is 0 Å². The number of pyridine rings is 1. The minimum Gasteiger partial charge on any atom is -0.503 e. The van der Waals surface area contributed by atoms with Gasteiger partial charge >= 0.3 is 0 Å². The number of aromatic hydroxyl groups is 1. The van der Waals surface area contributed by atoms with E-state index < -0.39 is 0 Å². The van der Waals surface area contributed by atoms with Crippen LogP contribution in [0.4, 0.5) is 0 Å². The fourth-order valence-corrected chi connectivity index (χ4v) is 1.78. The summed E-state index contributed by atoms with van der Waals surface area (Å²) in [6.45, 7) is 2.97. The van der Waals surface area contributed by atoms with Gasteiger partial charge in [0.05, 0.1) is 0 Å². The van der Waals surface area contributed by atoms with E-state index in [1.807, 2.05) is 0 Å². The van der Waals surface area contributed by atoms with Gasteiger partial charge in [0.25, 0.3) is 0 Å². The topological polar surface area (TPSA) is 56.3 Å². The van der Waals surface area contributed by atoms with Crippen LogP contribution in [-0.2, 0) is 6.54 Å². The number of nitrogens with zero attached hydrogens (tertiary/aromatic N) is 1. The summed E-state index contributed by atoms with van der Waals surface area (Å²) in [6.07, 6.45) is 3.83. The lowest BCUT2D eigenvalue weighted by Crippen LogP contribution is -2.20. The molecule has 1 aromatic rings. The van der Waals surface area contributed by atoms with Crippen molar-refractivity contribution in [3.8, 4) is 5.75 Å². The van der Waals surface area contributed by atoms with Crippen molar-refractivity contribution in [2.45, 2.75) is 19.4 Å². The van der Waals surface area contributed by atoms with Gasteiger partial charge in [0.1, 0.15) is 0 Å². The molecule has 1 aliphatic rings. The van der Waals surface area contributed by atoms with Crippen molar-refractivity contribution in [3.05, 3.63) is 28.2 Å². The molecule has 0 radical (unpaired) electrons. The normalized spacial score (nSPS) is 17.4. The summed E-state index contributed by atoms with van der Waals surface area (Å²) >= 11 is 0. The second kappa shape index (κ2) is 3.84. The van der Waals surface area contributed by atoms with Gasteiger partial charge in [-0.05, 0) is 25.9 Å². The van der Waals surface area contributed by atoms with Crippen molar-refractivity contribution in [2.24, 2.45) is 0 Å². The second-order valence-corrected chi connectivity index (χ2v) is 3.69. The van der Waals surface area contributed by atoms with Crippen molar-refractivity contribution in [2.75, 3.05) is 13.1 Å². The van der Waals surface area contributed by atoms with Crippen LogP contribution in [0.5, 0.6) is 5.75 Å². The highest BCUT2D eigenvalue weighted by Gasteiger charge is 2.12. The molecule has 0 spiro atoms. The lowest BCUT2D eigenvalue weighted by atomic mass is 10.3. The minimum atomic E-state index is -0.307. The van der Waals surface area contributed by atoms with Gasteiger partial charge in [-0.2, -0.15) is 0 Å². The monoisotopic (exact) mass is 194 g/mol. The fraction of sp³-hybridized carbons (Fsp3) is 0.500. The highest BCUT2D eigenvalue weighted by molar-refractivity contribution is 5.18. The molecule has 0 aliphatic carbocycles. The SMILES string of the molecule is O=c1cc(CN2CCCC2)[nH]cc1O. The van der Waals surface area contributed by atoms with E-state index in [0.29, 0.717) is 0 Å². The summed E-state index contributed by atoms with van der Waals surface area (Å²) in [5.41, 5.74) is 0.563. The van der Waals surface area contributed by atoms with E-state index in [4.69, 9.17) is 5.11 Å². The largest absolute Gasteiger partial charge is 0.503 e. The minimum absolute atomic E-state index is 0.213. The Morgan fingerprint density at radius 1 is 1.43 bits per heavy atom. The van der Waals surface area contributed by atoms with Gasteiger partial charge < -0.3 is 10.1 Å². The number of nitrogens with one attached hydrogen (secondary N) is 1. The van der Waals surface area contributed by atoms with Crippen molar-refractivity contribution in [1.29, 1.82) is 0 Å². The van der Waals surface area contributed by atoms with Crippen LogP contribution in [0.15, 0.2) is 17.1 Å². The maximum atomic E-state index is 11.1.